The minimum Gasteiger partial charge on any atom is -0.300 e. The topological polar surface area (TPSA) is 17.1 Å². The van der Waals surface area contributed by atoms with Gasteiger partial charge in [-0.2, -0.15) is 13.2 Å². The minimum atomic E-state index is -4.33. The Bertz CT molecular complexity index is 404. The first-order valence-electron chi connectivity index (χ1n) is 4.31. The van der Waals surface area contributed by atoms with E-state index in [4.69, 9.17) is 0 Å². The van der Waals surface area contributed by atoms with Crippen molar-refractivity contribution in [2.45, 2.75) is 23.7 Å². The van der Waals surface area contributed by atoms with Gasteiger partial charge in [0, 0.05) is 15.8 Å². The molecule has 0 saturated carbocycles. The number of benzene rings is 1. The molecule has 0 aromatic heterocycles. The van der Waals surface area contributed by atoms with Crippen molar-refractivity contribution in [2.24, 2.45) is 0 Å². The normalized spacial score (nSPS) is 11.6. The van der Waals surface area contributed by atoms with Crippen LogP contribution in [0.5, 0.6) is 0 Å². The molecule has 0 bridgehead atoms. The number of ketones is 1. The third-order valence-electron chi connectivity index (χ3n) is 1.69. The summed E-state index contributed by atoms with van der Waals surface area (Å²) in [6, 6.07) is 4.42. The van der Waals surface area contributed by atoms with Crippen LogP contribution in [0.2, 0.25) is 0 Å². The number of Topliss-reactive ketones (excluding diaryl/α,β-unsaturated/α-hetero) is 1. The predicted molar refractivity (Wildman–Crippen MR) is 60.4 cm³/mol. The third-order valence-corrected chi connectivity index (χ3v) is 3.03. The molecule has 0 atom stereocenters. The second-order valence-electron chi connectivity index (χ2n) is 3.18. The van der Waals surface area contributed by atoms with Gasteiger partial charge in [-0.25, -0.2) is 0 Å². The molecule has 1 nitrogen and oxygen atoms in total. The summed E-state index contributed by atoms with van der Waals surface area (Å²) in [6.07, 6.45) is 0.0118. The molecule has 88 valence electrons. The van der Waals surface area contributed by atoms with Gasteiger partial charge in [-0.15, -0.1) is 0 Å². The first-order valence-corrected chi connectivity index (χ1v) is 5.92. The number of halogens is 4. The van der Waals surface area contributed by atoms with Gasteiger partial charge in [0.2, 0.25) is 0 Å². The molecule has 0 spiro atoms. The summed E-state index contributed by atoms with van der Waals surface area (Å²) in [5.41, 5.74) is -3.94. The second kappa shape index (κ2) is 5.23. The Kier molecular flexibility index (Phi) is 4.43. The van der Waals surface area contributed by atoms with E-state index in [-0.39, 0.29) is 28.9 Å². The van der Waals surface area contributed by atoms with Gasteiger partial charge in [-0.1, -0.05) is 15.9 Å². The maximum absolute atomic E-state index is 12.2. The van der Waals surface area contributed by atoms with Crippen molar-refractivity contribution in [3.63, 3.8) is 0 Å². The zero-order valence-corrected chi connectivity index (χ0v) is 10.7. The Morgan fingerprint density at radius 3 is 2.56 bits per heavy atom. The maximum Gasteiger partial charge on any atom is 0.446 e. The Morgan fingerprint density at radius 2 is 2.06 bits per heavy atom. The van der Waals surface area contributed by atoms with E-state index in [1.165, 1.54) is 25.1 Å². The first kappa shape index (κ1) is 13.6. The van der Waals surface area contributed by atoms with Crippen molar-refractivity contribution in [2.75, 3.05) is 0 Å². The predicted octanol–water partition coefficient (Wildman–Crippen LogP) is 4.19. The number of hydrogen-bond acceptors (Lipinski definition) is 2. The SMILES string of the molecule is CC(=O)Cc1cc(Br)ccc1SC(F)(F)F. The van der Waals surface area contributed by atoms with E-state index in [1.54, 1.807) is 0 Å². The zero-order valence-electron chi connectivity index (χ0n) is 8.27. The number of hydrogen-bond donors (Lipinski definition) is 0. The van der Waals surface area contributed by atoms with Gasteiger partial charge in [-0.3, -0.25) is 4.79 Å². The van der Waals surface area contributed by atoms with Gasteiger partial charge in [-0.05, 0) is 42.4 Å². The summed E-state index contributed by atoms with van der Waals surface area (Å²) >= 11 is 2.97. The highest BCUT2D eigenvalue weighted by Crippen LogP contribution is 2.39. The highest BCUT2D eigenvalue weighted by Gasteiger charge is 2.30. The van der Waals surface area contributed by atoms with E-state index in [0.717, 1.165) is 0 Å². The molecule has 0 aliphatic rings. The molecule has 1 rings (SSSR count). The quantitative estimate of drug-likeness (QED) is 0.778. The molecule has 1 aromatic rings. The van der Waals surface area contributed by atoms with Crippen molar-refractivity contribution in [3.05, 3.63) is 28.2 Å². The van der Waals surface area contributed by atoms with Crippen LogP contribution in [-0.4, -0.2) is 11.3 Å². The lowest BCUT2D eigenvalue weighted by molar-refractivity contribution is -0.116. The van der Waals surface area contributed by atoms with Crippen LogP contribution in [0.3, 0.4) is 0 Å². The van der Waals surface area contributed by atoms with Gasteiger partial charge in [0.25, 0.3) is 0 Å². The maximum atomic E-state index is 12.2. The molecule has 0 radical (unpaired) electrons. The number of carbonyl (C=O) groups excluding carboxylic acids is 1. The van der Waals surface area contributed by atoms with Crippen LogP contribution in [0, 0.1) is 0 Å². The number of alkyl halides is 3. The molecule has 0 unspecified atom stereocenters. The number of carbonyl (C=O) groups is 1. The average molecular weight is 313 g/mol. The largest absolute Gasteiger partial charge is 0.446 e. The standard InChI is InChI=1S/C10H8BrF3OS/c1-6(15)4-7-5-8(11)2-3-9(7)16-10(12,13)14/h2-3,5H,4H2,1H3. The van der Waals surface area contributed by atoms with E-state index in [9.17, 15) is 18.0 Å². The van der Waals surface area contributed by atoms with E-state index in [2.05, 4.69) is 15.9 Å². The fourth-order valence-electron chi connectivity index (χ4n) is 1.18. The number of thioether (sulfide) groups is 1. The molecular weight excluding hydrogens is 305 g/mol. The second-order valence-corrected chi connectivity index (χ2v) is 5.20. The van der Waals surface area contributed by atoms with Crippen LogP contribution in [0.4, 0.5) is 13.2 Å². The van der Waals surface area contributed by atoms with Gasteiger partial charge < -0.3 is 0 Å². The minimum absolute atomic E-state index is 0.0118. The molecule has 0 aliphatic carbocycles. The Hall–Kier alpha value is -0.490. The van der Waals surface area contributed by atoms with Crippen molar-refractivity contribution in [1.82, 2.24) is 0 Å². The monoisotopic (exact) mass is 312 g/mol. The van der Waals surface area contributed by atoms with E-state index >= 15 is 0 Å². The molecular formula is C10H8BrF3OS. The van der Waals surface area contributed by atoms with Crippen LogP contribution in [0.15, 0.2) is 27.6 Å². The van der Waals surface area contributed by atoms with Crippen molar-refractivity contribution in [1.29, 1.82) is 0 Å². The zero-order chi connectivity index (χ0) is 12.3. The van der Waals surface area contributed by atoms with Crippen molar-refractivity contribution in [3.8, 4) is 0 Å². The summed E-state index contributed by atoms with van der Waals surface area (Å²) in [5.74, 6) is -0.165. The highest BCUT2D eigenvalue weighted by atomic mass is 79.9. The molecule has 0 saturated heterocycles. The Balaban J connectivity index is 3.02. The molecule has 0 N–H and O–H groups in total. The molecule has 1 aromatic carbocycles. The van der Waals surface area contributed by atoms with Crippen LogP contribution >= 0.6 is 27.7 Å². The van der Waals surface area contributed by atoms with Crippen LogP contribution in [0.1, 0.15) is 12.5 Å². The van der Waals surface area contributed by atoms with Crippen LogP contribution in [-0.2, 0) is 11.2 Å². The molecule has 6 heteroatoms. The third kappa shape index (κ3) is 4.57. The van der Waals surface area contributed by atoms with Crippen molar-refractivity contribution >= 4 is 33.5 Å². The van der Waals surface area contributed by atoms with Gasteiger partial charge in [0.15, 0.2) is 0 Å². The van der Waals surface area contributed by atoms with E-state index < -0.39 is 5.51 Å². The number of rotatable bonds is 3. The Morgan fingerprint density at radius 1 is 1.44 bits per heavy atom. The lowest BCUT2D eigenvalue weighted by Gasteiger charge is -2.10. The molecule has 0 amide bonds. The summed E-state index contributed by atoms with van der Waals surface area (Å²) in [7, 11) is 0. The van der Waals surface area contributed by atoms with E-state index in [0.29, 0.717) is 10.0 Å². The smallest absolute Gasteiger partial charge is 0.300 e. The fourth-order valence-corrected chi connectivity index (χ4v) is 2.23. The van der Waals surface area contributed by atoms with Gasteiger partial charge >= 0.3 is 5.51 Å². The molecule has 16 heavy (non-hydrogen) atoms. The summed E-state index contributed by atoms with van der Waals surface area (Å²) in [6.45, 7) is 1.35. The van der Waals surface area contributed by atoms with Gasteiger partial charge in [0.1, 0.15) is 5.78 Å². The molecule has 0 heterocycles. The highest BCUT2D eigenvalue weighted by molar-refractivity contribution is 9.10. The summed E-state index contributed by atoms with van der Waals surface area (Å²) < 4.78 is 37.3. The van der Waals surface area contributed by atoms with Gasteiger partial charge in [0.05, 0.1) is 0 Å². The summed E-state index contributed by atoms with van der Waals surface area (Å²) in [4.78, 5) is 11.0. The Labute approximate surface area is 104 Å². The van der Waals surface area contributed by atoms with E-state index in [1.807, 2.05) is 0 Å². The average Bonchev–Trinajstić information content (AvgIpc) is 2.06. The molecule has 0 aliphatic heterocycles. The van der Waals surface area contributed by atoms with Crippen LogP contribution < -0.4 is 0 Å². The summed E-state index contributed by atoms with van der Waals surface area (Å²) in [5, 5.41) is 0. The fraction of sp³-hybridized carbons (Fsp3) is 0.300. The van der Waals surface area contributed by atoms with Crippen LogP contribution in [0.25, 0.3) is 0 Å². The lowest BCUT2D eigenvalue weighted by atomic mass is 10.1. The first-order chi connectivity index (χ1) is 7.28. The van der Waals surface area contributed by atoms with Crippen molar-refractivity contribution < 1.29 is 18.0 Å². The lowest BCUT2D eigenvalue weighted by Crippen LogP contribution is -2.03. The molecule has 0 fully saturated rings.